The van der Waals surface area contributed by atoms with Crippen molar-refractivity contribution in [2.75, 3.05) is 11.9 Å². The molecule has 1 aliphatic carbocycles. The molecular weight excluding hydrogens is 450 g/mol. The zero-order valence-electron chi connectivity index (χ0n) is 18.0. The number of hydrogen-bond acceptors (Lipinski definition) is 6. The number of ether oxygens (including phenoxy) is 2. The van der Waals surface area contributed by atoms with E-state index in [1.54, 1.807) is 31.2 Å². The highest BCUT2D eigenvalue weighted by Crippen LogP contribution is 2.39. The molecule has 6 nitrogen and oxygen atoms in total. The van der Waals surface area contributed by atoms with Gasteiger partial charge in [0.25, 0.3) is 5.91 Å². The van der Waals surface area contributed by atoms with Crippen molar-refractivity contribution < 1.29 is 23.5 Å². The van der Waals surface area contributed by atoms with Gasteiger partial charge < -0.3 is 19.2 Å². The Balaban J connectivity index is 1.46. The molecular formula is C24H24ClNO5S. The molecule has 3 aromatic rings. The van der Waals surface area contributed by atoms with Crippen molar-refractivity contribution in [3.05, 3.63) is 68.4 Å². The quantitative estimate of drug-likeness (QED) is 0.414. The van der Waals surface area contributed by atoms with E-state index < -0.39 is 11.9 Å². The third kappa shape index (κ3) is 4.84. The molecule has 0 radical (unpaired) electrons. The third-order valence-electron chi connectivity index (χ3n) is 5.27. The average Bonchev–Trinajstić information content (AvgIpc) is 3.39. The van der Waals surface area contributed by atoms with Crippen LogP contribution in [0.1, 0.15) is 62.4 Å². The van der Waals surface area contributed by atoms with Crippen molar-refractivity contribution >= 4 is 39.8 Å². The molecule has 0 bridgehead atoms. The number of carbonyl (C=O) groups excluding carboxylic acids is 2. The van der Waals surface area contributed by atoms with Gasteiger partial charge in [0.15, 0.2) is 5.76 Å². The van der Waals surface area contributed by atoms with Crippen LogP contribution in [0.2, 0.25) is 5.02 Å². The number of anilines is 1. The van der Waals surface area contributed by atoms with E-state index in [1.165, 1.54) is 11.3 Å². The number of rotatable bonds is 7. The van der Waals surface area contributed by atoms with Gasteiger partial charge in [0, 0.05) is 9.90 Å². The first-order valence-electron chi connectivity index (χ1n) is 10.6. The van der Waals surface area contributed by atoms with Crippen LogP contribution in [0.3, 0.4) is 0 Å². The van der Waals surface area contributed by atoms with Gasteiger partial charge in [0.1, 0.15) is 23.1 Å². The number of carbonyl (C=O) groups is 2. The standard InChI is InChI=1S/C24H24ClNO5S/c1-3-29-24(28)21-17-6-4-5-7-20(17)32-23(21)26-22(27)19-11-9-16(31-19)13-30-15-8-10-18(25)14(2)12-15/h8-12H,3-7,13H2,1-2H3,(H,26,27). The van der Waals surface area contributed by atoms with Gasteiger partial charge in [0.2, 0.25) is 0 Å². The minimum Gasteiger partial charge on any atom is -0.486 e. The number of nitrogens with one attached hydrogen (secondary N) is 1. The van der Waals surface area contributed by atoms with Crippen LogP contribution in [0.5, 0.6) is 5.75 Å². The van der Waals surface area contributed by atoms with Crippen LogP contribution in [-0.2, 0) is 24.2 Å². The summed E-state index contributed by atoms with van der Waals surface area (Å²) in [4.78, 5) is 26.5. The molecule has 2 aromatic heterocycles. The number of amides is 1. The summed E-state index contributed by atoms with van der Waals surface area (Å²) < 4.78 is 16.6. The van der Waals surface area contributed by atoms with E-state index in [1.807, 2.05) is 13.0 Å². The van der Waals surface area contributed by atoms with E-state index in [0.29, 0.717) is 27.1 Å². The van der Waals surface area contributed by atoms with Crippen LogP contribution < -0.4 is 10.1 Å². The van der Waals surface area contributed by atoms with E-state index in [2.05, 4.69) is 5.32 Å². The first-order valence-corrected chi connectivity index (χ1v) is 11.8. The second-order valence-electron chi connectivity index (χ2n) is 7.56. The molecule has 0 spiro atoms. The Hall–Kier alpha value is -2.77. The highest BCUT2D eigenvalue weighted by molar-refractivity contribution is 7.17. The van der Waals surface area contributed by atoms with E-state index in [-0.39, 0.29) is 19.0 Å². The fraction of sp³-hybridized carbons (Fsp3) is 0.333. The zero-order valence-corrected chi connectivity index (χ0v) is 19.5. The van der Waals surface area contributed by atoms with Gasteiger partial charge in [-0.15, -0.1) is 11.3 Å². The Morgan fingerprint density at radius 3 is 2.78 bits per heavy atom. The van der Waals surface area contributed by atoms with Crippen LogP contribution in [-0.4, -0.2) is 18.5 Å². The molecule has 0 unspecified atom stereocenters. The summed E-state index contributed by atoms with van der Waals surface area (Å²) in [5, 5.41) is 4.05. The number of halogens is 1. The lowest BCUT2D eigenvalue weighted by Crippen LogP contribution is -2.15. The molecule has 1 N–H and O–H groups in total. The average molecular weight is 474 g/mol. The van der Waals surface area contributed by atoms with Gasteiger partial charge in [-0.1, -0.05) is 11.6 Å². The number of benzene rings is 1. The zero-order chi connectivity index (χ0) is 22.7. The van der Waals surface area contributed by atoms with Crippen molar-refractivity contribution in [1.82, 2.24) is 0 Å². The van der Waals surface area contributed by atoms with Crippen LogP contribution in [0.15, 0.2) is 34.7 Å². The van der Waals surface area contributed by atoms with Crippen molar-refractivity contribution in [3.63, 3.8) is 0 Å². The third-order valence-corrected chi connectivity index (χ3v) is 6.91. The molecule has 0 atom stereocenters. The van der Waals surface area contributed by atoms with E-state index in [9.17, 15) is 9.59 Å². The summed E-state index contributed by atoms with van der Waals surface area (Å²) in [6.45, 7) is 4.13. The molecule has 168 valence electrons. The van der Waals surface area contributed by atoms with Gasteiger partial charge in [-0.05, 0) is 81.0 Å². The van der Waals surface area contributed by atoms with E-state index in [0.717, 1.165) is 41.7 Å². The van der Waals surface area contributed by atoms with Gasteiger partial charge in [-0.2, -0.15) is 0 Å². The first-order chi connectivity index (χ1) is 15.5. The van der Waals surface area contributed by atoms with Crippen LogP contribution in [0.4, 0.5) is 5.00 Å². The number of aryl methyl sites for hydroxylation is 2. The summed E-state index contributed by atoms with van der Waals surface area (Å²) in [6, 6.07) is 8.69. The lowest BCUT2D eigenvalue weighted by molar-refractivity contribution is 0.0526. The van der Waals surface area contributed by atoms with E-state index >= 15 is 0 Å². The van der Waals surface area contributed by atoms with Crippen molar-refractivity contribution in [1.29, 1.82) is 0 Å². The summed E-state index contributed by atoms with van der Waals surface area (Å²) >= 11 is 7.48. The van der Waals surface area contributed by atoms with Crippen molar-refractivity contribution in [2.45, 2.75) is 46.1 Å². The maximum Gasteiger partial charge on any atom is 0.341 e. The number of esters is 1. The first kappa shape index (κ1) is 22.4. The number of furan rings is 1. The Morgan fingerprint density at radius 2 is 2.00 bits per heavy atom. The summed E-state index contributed by atoms with van der Waals surface area (Å²) in [5.74, 6) is 0.519. The minimum atomic E-state index is -0.414. The number of hydrogen-bond donors (Lipinski definition) is 1. The second-order valence-corrected chi connectivity index (χ2v) is 9.07. The highest BCUT2D eigenvalue weighted by Gasteiger charge is 2.28. The molecule has 0 fully saturated rings. The predicted octanol–water partition coefficient (Wildman–Crippen LogP) is 6.19. The Kier molecular flexibility index (Phi) is 6.86. The maximum atomic E-state index is 12.8. The minimum absolute atomic E-state index is 0.150. The monoisotopic (exact) mass is 473 g/mol. The Morgan fingerprint density at radius 1 is 1.19 bits per heavy atom. The second kappa shape index (κ2) is 9.79. The van der Waals surface area contributed by atoms with E-state index in [4.69, 9.17) is 25.5 Å². The van der Waals surface area contributed by atoms with Gasteiger partial charge in [-0.3, -0.25) is 4.79 Å². The SMILES string of the molecule is CCOC(=O)c1c(NC(=O)c2ccc(COc3ccc(Cl)c(C)c3)o2)sc2c1CCCC2. The molecule has 1 aliphatic rings. The molecule has 0 saturated heterocycles. The molecule has 2 heterocycles. The molecule has 1 aromatic carbocycles. The highest BCUT2D eigenvalue weighted by atomic mass is 35.5. The smallest absolute Gasteiger partial charge is 0.341 e. The largest absolute Gasteiger partial charge is 0.486 e. The number of fused-ring (bicyclic) bond motifs is 1. The fourth-order valence-corrected chi connectivity index (χ4v) is 5.07. The summed E-state index contributed by atoms with van der Waals surface area (Å²) in [6.07, 6.45) is 3.84. The predicted molar refractivity (Wildman–Crippen MR) is 124 cm³/mol. The normalized spacial score (nSPS) is 12.8. The maximum absolute atomic E-state index is 12.8. The molecule has 4 rings (SSSR count). The molecule has 8 heteroatoms. The summed E-state index contributed by atoms with van der Waals surface area (Å²) in [7, 11) is 0. The molecule has 0 aliphatic heterocycles. The van der Waals surface area contributed by atoms with Crippen LogP contribution >= 0.6 is 22.9 Å². The van der Waals surface area contributed by atoms with Crippen molar-refractivity contribution in [3.8, 4) is 5.75 Å². The lowest BCUT2D eigenvalue weighted by atomic mass is 9.95. The Bertz CT molecular complexity index is 1150. The number of thiophene rings is 1. The summed E-state index contributed by atoms with van der Waals surface area (Å²) in [5.41, 5.74) is 2.40. The van der Waals surface area contributed by atoms with Gasteiger partial charge in [-0.25, -0.2) is 4.79 Å². The van der Waals surface area contributed by atoms with Crippen molar-refractivity contribution in [2.24, 2.45) is 0 Å². The Labute approximate surface area is 195 Å². The molecule has 32 heavy (non-hydrogen) atoms. The lowest BCUT2D eigenvalue weighted by Gasteiger charge is -2.12. The van der Waals surface area contributed by atoms with Crippen LogP contribution in [0.25, 0.3) is 0 Å². The topological polar surface area (TPSA) is 77.8 Å². The molecule has 0 saturated carbocycles. The molecule has 1 amide bonds. The van der Waals surface area contributed by atoms with Gasteiger partial charge >= 0.3 is 5.97 Å². The van der Waals surface area contributed by atoms with Gasteiger partial charge in [0.05, 0.1) is 12.2 Å². The van der Waals surface area contributed by atoms with Crippen LogP contribution in [0, 0.1) is 6.92 Å². The fourth-order valence-electron chi connectivity index (χ4n) is 3.68.